The first-order valence-electron chi connectivity index (χ1n) is 5.51. The van der Waals surface area contributed by atoms with Crippen LogP contribution in [0.15, 0.2) is 5.38 Å². The Balaban J connectivity index is 1.86. The lowest BCUT2D eigenvalue weighted by Crippen LogP contribution is -2.34. The molecule has 0 atom stereocenters. The summed E-state index contributed by atoms with van der Waals surface area (Å²) in [5.74, 6) is 0.613. The molecule has 1 amide bonds. The van der Waals surface area contributed by atoms with Gasteiger partial charge >= 0.3 is 0 Å². The molecule has 2 aliphatic carbocycles. The number of aromatic nitrogens is 1. The van der Waals surface area contributed by atoms with Crippen molar-refractivity contribution >= 4 is 22.4 Å². The Morgan fingerprint density at radius 3 is 2.67 bits per heavy atom. The van der Waals surface area contributed by atoms with E-state index in [4.69, 9.17) is 0 Å². The van der Waals surface area contributed by atoms with Crippen molar-refractivity contribution in [3.63, 3.8) is 0 Å². The molecule has 0 bridgehead atoms. The van der Waals surface area contributed by atoms with Gasteiger partial charge in [-0.15, -0.1) is 11.3 Å². The molecule has 1 heterocycles. The molecule has 0 aromatic carbocycles. The van der Waals surface area contributed by atoms with Crippen molar-refractivity contribution in [1.29, 1.82) is 0 Å². The number of rotatable bonds is 3. The number of amides is 1. The third-order valence-electron chi connectivity index (χ3n) is 2.89. The van der Waals surface area contributed by atoms with Crippen LogP contribution in [-0.2, 0) is 4.79 Å². The van der Waals surface area contributed by atoms with Crippen LogP contribution < -0.4 is 4.90 Å². The molecule has 15 heavy (non-hydrogen) atoms. The predicted molar refractivity (Wildman–Crippen MR) is 60.1 cm³/mol. The first-order chi connectivity index (χ1) is 7.25. The van der Waals surface area contributed by atoms with E-state index in [2.05, 4.69) is 4.98 Å². The van der Waals surface area contributed by atoms with Gasteiger partial charge in [-0.3, -0.25) is 9.69 Å². The molecule has 4 heteroatoms. The highest BCUT2D eigenvalue weighted by molar-refractivity contribution is 7.14. The lowest BCUT2D eigenvalue weighted by Gasteiger charge is -2.18. The standard InChI is InChI=1S/C11H14N2OS/c1-7-6-15-11(12-7)13(9-4-5-9)10(14)8-2-3-8/h6,8-9H,2-5H2,1H3. The van der Waals surface area contributed by atoms with Crippen molar-refractivity contribution in [3.8, 4) is 0 Å². The van der Waals surface area contributed by atoms with Crippen LogP contribution in [0.25, 0.3) is 0 Å². The molecule has 0 spiro atoms. The average molecular weight is 222 g/mol. The molecule has 0 unspecified atom stereocenters. The first-order valence-corrected chi connectivity index (χ1v) is 6.39. The minimum Gasteiger partial charge on any atom is -0.285 e. The number of anilines is 1. The Hall–Kier alpha value is -0.900. The first kappa shape index (κ1) is 9.33. The van der Waals surface area contributed by atoms with Gasteiger partial charge in [-0.25, -0.2) is 4.98 Å². The second-order valence-corrected chi connectivity index (χ2v) is 5.32. The zero-order valence-corrected chi connectivity index (χ0v) is 9.59. The van der Waals surface area contributed by atoms with Gasteiger partial charge in [-0.05, 0) is 32.6 Å². The van der Waals surface area contributed by atoms with E-state index < -0.39 is 0 Å². The van der Waals surface area contributed by atoms with E-state index >= 15 is 0 Å². The van der Waals surface area contributed by atoms with Crippen molar-refractivity contribution in [3.05, 3.63) is 11.1 Å². The molecule has 1 aromatic rings. The minimum absolute atomic E-state index is 0.301. The van der Waals surface area contributed by atoms with Crippen molar-refractivity contribution in [2.24, 2.45) is 5.92 Å². The number of thiazole rings is 1. The molecule has 2 aliphatic rings. The van der Waals surface area contributed by atoms with Gasteiger partial charge in [0.05, 0.1) is 5.69 Å². The number of hydrogen-bond donors (Lipinski definition) is 0. The van der Waals surface area contributed by atoms with Crippen molar-refractivity contribution < 1.29 is 4.79 Å². The fraction of sp³-hybridized carbons (Fsp3) is 0.636. The summed E-state index contributed by atoms with van der Waals surface area (Å²) in [6.07, 6.45) is 4.45. The fourth-order valence-corrected chi connectivity index (χ4v) is 2.62. The second-order valence-electron chi connectivity index (χ2n) is 4.49. The van der Waals surface area contributed by atoms with Crippen LogP contribution in [0.5, 0.6) is 0 Å². The van der Waals surface area contributed by atoms with Gasteiger partial charge in [0.25, 0.3) is 0 Å². The van der Waals surface area contributed by atoms with E-state index in [-0.39, 0.29) is 0 Å². The maximum Gasteiger partial charge on any atom is 0.232 e. The Labute approximate surface area is 93.1 Å². The average Bonchev–Trinajstić information content (AvgIpc) is 3.08. The summed E-state index contributed by atoms with van der Waals surface area (Å²) in [7, 11) is 0. The summed E-state index contributed by atoms with van der Waals surface area (Å²) in [6.45, 7) is 1.98. The zero-order valence-electron chi connectivity index (χ0n) is 8.77. The van der Waals surface area contributed by atoms with Crippen LogP contribution >= 0.6 is 11.3 Å². The number of nitrogens with zero attached hydrogens (tertiary/aromatic N) is 2. The summed E-state index contributed by atoms with van der Waals surface area (Å²) in [5.41, 5.74) is 1.02. The molecule has 2 saturated carbocycles. The Kier molecular flexibility index (Phi) is 2.06. The highest BCUT2D eigenvalue weighted by Gasteiger charge is 2.41. The molecular weight excluding hydrogens is 208 g/mol. The van der Waals surface area contributed by atoms with Gasteiger partial charge in [0.15, 0.2) is 5.13 Å². The summed E-state index contributed by atoms with van der Waals surface area (Å²) >= 11 is 1.59. The highest BCUT2D eigenvalue weighted by Crippen LogP contribution is 2.39. The van der Waals surface area contributed by atoms with Gasteiger partial charge < -0.3 is 0 Å². The minimum atomic E-state index is 0.301. The van der Waals surface area contributed by atoms with E-state index in [1.165, 1.54) is 0 Å². The highest BCUT2D eigenvalue weighted by atomic mass is 32.1. The van der Waals surface area contributed by atoms with Gasteiger partial charge in [-0.2, -0.15) is 0 Å². The van der Waals surface area contributed by atoms with Crippen LogP contribution in [0.4, 0.5) is 5.13 Å². The molecule has 0 N–H and O–H groups in total. The van der Waals surface area contributed by atoms with Crippen molar-refractivity contribution in [1.82, 2.24) is 4.98 Å². The van der Waals surface area contributed by atoms with E-state index in [0.717, 1.165) is 36.5 Å². The van der Waals surface area contributed by atoms with E-state index in [0.29, 0.717) is 17.9 Å². The Morgan fingerprint density at radius 2 is 2.20 bits per heavy atom. The topological polar surface area (TPSA) is 33.2 Å². The molecule has 0 saturated heterocycles. The predicted octanol–water partition coefficient (Wildman–Crippen LogP) is 2.36. The molecule has 2 fully saturated rings. The third-order valence-corrected chi connectivity index (χ3v) is 3.85. The van der Waals surface area contributed by atoms with E-state index in [1.54, 1.807) is 11.3 Å². The Morgan fingerprint density at radius 1 is 1.47 bits per heavy atom. The normalized spacial score (nSPS) is 20.3. The molecule has 0 radical (unpaired) electrons. The van der Waals surface area contributed by atoms with Crippen molar-refractivity contribution in [2.45, 2.75) is 38.6 Å². The summed E-state index contributed by atoms with van der Waals surface area (Å²) in [4.78, 5) is 18.5. The van der Waals surface area contributed by atoms with Crippen LogP contribution in [-0.4, -0.2) is 16.9 Å². The van der Waals surface area contributed by atoms with E-state index in [1.807, 2.05) is 17.2 Å². The number of hydrogen-bond acceptors (Lipinski definition) is 3. The van der Waals surface area contributed by atoms with Crippen LogP contribution in [0.1, 0.15) is 31.4 Å². The van der Waals surface area contributed by atoms with Gasteiger partial charge in [0.2, 0.25) is 5.91 Å². The molecule has 0 aliphatic heterocycles. The maximum atomic E-state index is 12.1. The number of aryl methyl sites for hydroxylation is 1. The summed E-state index contributed by atoms with van der Waals surface area (Å²) in [5, 5.41) is 2.93. The Bertz CT molecular complexity index is 393. The lowest BCUT2D eigenvalue weighted by molar-refractivity contribution is -0.119. The largest absolute Gasteiger partial charge is 0.285 e. The van der Waals surface area contributed by atoms with Crippen molar-refractivity contribution in [2.75, 3.05) is 4.90 Å². The van der Waals surface area contributed by atoms with Gasteiger partial charge in [0, 0.05) is 17.3 Å². The summed E-state index contributed by atoms with van der Waals surface area (Å²) < 4.78 is 0. The zero-order chi connectivity index (χ0) is 10.4. The molecule has 80 valence electrons. The number of carbonyl (C=O) groups excluding carboxylic acids is 1. The lowest BCUT2D eigenvalue weighted by atomic mass is 10.3. The van der Waals surface area contributed by atoms with Crippen LogP contribution in [0.2, 0.25) is 0 Å². The second kappa shape index (κ2) is 3.30. The van der Waals surface area contributed by atoms with E-state index in [9.17, 15) is 4.79 Å². The van der Waals surface area contributed by atoms with Gasteiger partial charge in [0.1, 0.15) is 0 Å². The molecule has 1 aromatic heterocycles. The monoisotopic (exact) mass is 222 g/mol. The third kappa shape index (κ3) is 1.78. The quantitative estimate of drug-likeness (QED) is 0.786. The number of carbonyl (C=O) groups is 1. The maximum absolute atomic E-state index is 12.1. The SMILES string of the molecule is Cc1csc(N(C(=O)C2CC2)C2CC2)n1. The molecule has 3 rings (SSSR count). The van der Waals surface area contributed by atoms with Crippen LogP contribution in [0, 0.1) is 12.8 Å². The molecule has 3 nitrogen and oxygen atoms in total. The smallest absolute Gasteiger partial charge is 0.232 e. The van der Waals surface area contributed by atoms with Gasteiger partial charge in [-0.1, -0.05) is 0 Å². The van der Waals surface area contributed by atoms with Crippen LogP contribution in [0.3, 0.4) is 0 Å². The fourth-order valence-electron chi connectivity index (χ4n) is 1.74. The molecular formula is C11H14N2OS. The summed E-state index contributed by atoms with van der Waals surface area (Å²) in [6, 6.07) is 0.448.